The average molecular weight is 886 g/mol. The van der Waals surface area contributed by atoms with E-state index in [0.717, 1.165) is 0 Å². The summed E-state index contributed by atoms with van der Waals surface area (Å²) in [6.07, 6.45) is 0. The first-order chi connectivity index (χ1) is 16.5. The minimum Gasteiger partial charge on any atom is -0.0533 e. The van der Waals surface area contributed by atoms with Crippen LogP contribution in [-0.4, -0.2) is 0 Å². The summed E-state index contributed by atoms with van der Waals surface area (Å²) in [7, 11) is 0. The Bertz CT molecular complexity index is 1210. The normalized spacial score (nSPS) is 10.9. The van der Waals surface area contributed by atoms with E-state index in [1.165, 1.54) is 58.8 Å². The lowest BCUT2D eigenvalue weighted by Crippen LogP contribution is -1.93. The third kappa shape index (κ3) is 5.54. The van der Waals surface area contributed by atoms with Crippen LogP contribution in [0.2, 0.25) is 0 Å². The molecule has 0 heterocycles. The molecule has 0 fully saturated rings. The minimum atomic E-state index is 1.23. The van der Waals surface area contributed by atoms with Crippen LogP contribution in [0.4, 0.5) is 0 Å². The lowest BCUT2D eigenvalue weighted by atomic mass is 9.86. The van der Waals surface area contributed by atoms with E-state index < -0.39 is 0 Å². The van der Waals surface area contributed by atoms with Crippen LogP contribution < -0.4 is 0 Å². The summed E-state index contributed by atoms with van der Waals surface area (Å²) < 4.78 is 4.96. The van der Waals surface area contributed by atoms with Crippen molar-refractivity contribution >= 4 is 90.4 Å². The van der Waals surface area contributed by atoms with Crippen LogP contribution in [-0.2, 0) is 0 Å². The third-order valence-corrected chi connectivity index (χ3v) is 8.66. The van der Waals surface area contributed by atoms with Gasteiger partial charge in [-0.25, -0.2) is 0 Å². The molecule has 0 radical (unpaired) electrons. The van der Waals surface area contributed by atoms with Crippen LogP contribution in [0.25, 0.3) is 44.5 Å². The first-order valence-electron chi connectivity index (χ1n) is 10.7. The van der Waals surface area contributed by atoms with E-state index in [1.54, 1.807) is 0 Å². The molecular weight excluding hydrogens is 868 g/mol. The number of hydrogen-bond acceptors (Lipinski definition) is 0. The Kier molecular flexibility index (Phi) is 7.96. The van der Waals surface area contributed by atoms with Gasteiger partial charge in [0, 0.05) is 14.3 Å². The van der Waals surface area contributed by atoms with Gasteiger partial charge in [0.2, 0.25) is 0 Å². The number of hydrogen-bond donors (Lipinski definition) is 0. The fraction of sp³-hybridized carbons (Fsp3) is 0. The zero-order chi connectivity index (χ0) is 23.7. The number of benzene rings is 5. The van der Waals surface area contributed by atoms with Gasteiger partial charge in [-0.1, -0.05) is 48.5 Å². The Morgan fingerprint density at radius 3 is 0.618 bits per heavy atom. The molecule has 0 bridgehead atoms. The molecular formula is C30H18I4. The fourth-order valence-electron chi connectivity index (χ4n) is 4.07. The van der Waals surface area contributed by atoms with E-state index in [2.05, 4.69) is 200 Å². The van der Waals surface area contributed by atoms with Gasteiger partial charge in [-0.3, -0.25) is 0 Å². The highest BCUT2D eigenvalue weighted by Gasteiger charge is 2.16. The predicted molar refractivity (Wildman–Crippen MR) is 179 cm³/mol. The Labute approximate surface area is 255 Å². The first kappa shape index (κ1) is 24.7. The molecule has 0 amide bonds. The molecule has 34 heavy (non-hydrogen) atoms. The minimum absolute atomic E-state index is 1.23. The smallest absolute Gasteiger partial charge is 0.0130 e. The van der Waals surface area contributed by atoms with E-state index in [1.807, 2.05) is 0 Å². The van der Waals surface area contributed by atoms with Crippen LogP contribution in [0.5, 0.6) is 0 Å². The molecule has 0 saturated carbocycles. The van der Waals surface area contributed by atoms with Gasteiger partial charge in [0.05, 0.1) is 0 Å². The molecule has 166 valence electrons. The van der Waals surface area contributed by atoms with Crippen LogP contribution in [0.1, 0.15) is 0 Å². The fourth-order valence-corrected chi connectivity index (χ4v) is 5.51. The summed E-state index contributed by atoms with van der Waals surface area (Å²) in [4.78, 5) is 0. The van der Waals surface area contributed by atoms with Gasteiger partial charge in [-0.15, -0.1) is 0 Å². The molecule has 0 saturated heterocycles. The van der Waals surface area contributed by atoms with Crippen molar-refractivity contribution in [3.05, 3.63) is 123 Å². The highest BCUT2D eigenvalue weighted by atomic mass is 127. The molecule has 4 heteroatoms. The van der Waals surface area contributed by atoms with Gasteiger partial charge in [0.15, 0.2) is 0 Å². The molecule has 0 aromatic heterocycles. The van der Waals surface area contributed by atoms with Crippen molar-refractivity contribution in [3.63, 3.8) is 0 Å². The molecule has 0 unspecified atom stereocenters. The standard InChI is InChI=1S/C30H18I4/c31-23-9-1-19(2-10-23)27-17-29(21-5-13-25(33)14-6-21)30(22-7-15-26(34)16-8-22)18-28(27)20-3-11-24(32)12-4-20/h1-18H. The van der Waals surface area contributed by atoms with Gasteiger partial charge < -0.3 is 0 Å². The van der Waals surface area contributed by atoms with Gasteiger partial charge in [0.25, 0.3) is 0 Å². The number of rotatable bonds is 4. The second-order valence-corrected chi connectivity index (χ2v) is 13.0. The van der Waals surface area contributed by atoms with Crippen LogP contribution in [0.15, 0.2) is 109 Å². The topological polar surface area (TPSA) is 0 Å². The molecule has 0 aliphatic carbocycles. The molecule has 0 nitrogen and oxygen atoms in total. The van der Waals surface area contributed by atoms with Gasteiger partial charge in [-0.05, 0) is 196 Å². The molecule has 5 rings (SSSR count). The molecule has 0 atom stereocenters. The van der Waals surface area contributed by atoms with Gasteiger partial charge >= 0.3 is 0 Å². The van der Waals surface area contributed by atoms with Crippen molar-refractivity contribution in [1.82, 2.24) is 0 Å². The number of halogens is 4. The molecule has 0 aliphatic heterocycles. The molecule has 0 N–H and O–H groups in total. The summed E-state index contributed by atoms with van der Waals surface area (Å²) in [5.74, 6) is 0. The highest BCUT2D eigenvalue weighted by molar-refractivity contribution is 14.1. The third-order valence-electron chi connectivity index (χ3n) is 5.78. The van der Waals surface area contributed by atoms with Crippen molar-refractivity contribution in [2.75, 3.05) is 0 Å². The second-order valence-electron chi connectivity index (χ2n) is 7.97. The van der Waals surface area contributed by atoms with Gasteiger partial charge in [-0.2, -0.15) is 0 Å². The van der Waals surface area contributed by atoms with Gasteiger partial charge in [0.1, 0.15) is 0 Å². The SMILES string of the molecule is Ic1ccc(-c2cc(-c3ccc(I)cc3)c(-c3ccc(I)cc3)cc2-c2ccc(I)cc2)cc1. The van der Waals surface area contributed by atoms with Crippen molar-refractivity contribution < 1.29 is 0 Å². The van der Waals surface area contributed by atoms with E-state index in [9.17, 15) is 0 Å². The maximum Gasteiger partial charge on any atom is 0.0130 e. The van der Waals surface area contributed by atoms with Crippen molar-refractivity contribution in [2.45, 2.75) is 0 Å². The predicted octanol–water partition coefficient (Wildman–Crippen LogP) is 10.8. The van der Waals surface area contributed by atoms with E-state index in [4.69, 9.17) is 0 Å². The van der Waals surface area contributed by atoms with Crippen molar-refractivity contribution in [2.24, 2.45) is 0 Å². The quantitative estimate of drug-likeness (QED) is 0.158. The largest absolute Gasteiger partial charge is 0.0533 e. The Balaban J connectivity index is 1.83. The van der Waals surface area contributed by atoms with Crippen LogP contribution in [0.3, 0.4) is 0 Å². The van der Waals surface area contributed by atoms with Crippen molar-refractivity contribution in [1.29, 1.82) is 0 Å². The second kappa shape index (κ2) is 11.0. The first-order valence-corrected chi connectivity index (χ1v) is 15.0. The Morgan fingerprint density at radius 1 is 0.265 bits per heavy atom. The molecule has 5 aromatic rings. The van der Waals surface area contributed by atoms with E-state index >= 15 is 0 Å². The molecule has 0 aliphatic rings. The lowest BCUT2D eigenvalue weighted by Gasteiger charge is -2.18. The van der Waals surface area contributed by atoms with Crippen LogP contribution >= 0.6 is 90.4 Å². The van der Waals surface area contributed by atoms with E-state index in [-0.39, 0.29) is 0 Å². The summed E-state index contributed by atoms with van der Waals surface area (Å²) in [5.41, 5.74) is 9.93. The maximum absolute atomic E-state index is 2.38. The van der Waals surface area contributed by atoms with Crippen molar-refractivity contribution in [3.8, 4) is 44.5 Å². The average Bonchev–Trinajstić information content (AvgIpc) is 2.85. The summed E-state index contributed by atoms with van der Waals surface area (Å²) >= 11 is 9.49. The summed E-state index contributed by atoms with van der Waals surface area (Å²) in [6, 6.07) is 40.1. The molecule has 0 spiro atoms. The monoisotopic (exact) mass is 886 g/mol. The lowest BCUT2D eigenvalue weighted by molar-refractivity contribution is 1.52. The van der Waals surface area contributed by atoms with E-state index in [0.29, 0.717) is 0 Å². The molecule has 5 aromatic carbocycles. The maximum atomic E-state index is 2.38. The summed E-state index contributed by atoms with van der Waals surface area (Å²) in [5, 5.41) is 0. The Hall–Kier alpha value is -0.980. The Morgan fingerprint density at radius 2 is 0.441 bits per heavy atom. The summed E-state index contributed by atoms with van der Waals surface area (Å²) in [6.45, 7) is 0. The zero-order valence-corrected chi connectivity index (χ0v) is 26.5. The zero-order valence-electron chi connectivity index (χ0n) is 17.9. The van der Waals surface area contributed by atoms with Crippen LogP contribution in [0, 0.1) is 14.3 Å². The highest BCUT2D eigenvalue weighted by Crippen LogP contribution is 2.42.